The second-order valence-electron chi connectivity index (χ2n) is 1.47. The Hall–Kier alpha value is -1.31. The smallest absolute Gasteiger partial charge is 0.144 e. The fraction of sp³-hybridized carbons (Fsp3) is 0. The van der Waals surface area contributed by atoms with Gasteiger partial charge >= 0.3 is 0 Å². The Balaban J connectivity index is 2.72. The number of ether oxygens (including phenoxy) is 1. The Kier molecular flexibility index (Phi) is 1.85. The average molecular weight is 121 g/mol. The van der Waals surface area contributed by atoms with E-state index in [2.05, 4.69) is 11.6 Å². The average Bonchev–Trinajstić information content (AvgIpc) is 1.91. The third kappa shape index (κ3) is 1.57. The van der Waals surface area contributed by atoms with Gasteiger partial charge in [0.2, 0.25) is 0 Å². The fourth-order valence-corrected chi connectivity index (χ4v) is 0.513. The third-order valence-corrected chi connectivity index (χ3v) is 0.854. The number of hydrogen-bond acceptors (Lipinski definition) is 2. The van der Waals surface area contributed by atoms with Gasteiger partial charge in [-0.25, -0.2) is 0 Å². The summed E-state index contributed by atoms with van der Waals surface area (Å²) in [6, 6.07) is 3.62. The normalized spacial score (nSPS) is 8.44. The lowest BCUT2D eigenvalue weighted by atomic mass is 10.5. The van der Waals surface area contributed by atoms with Crippen LogP contribution in [0.2, 0.25) is 0 Å². The molecule has 1 rings (SSSR count). The van der Waals surface area contributed by atoms with E-state index in [1.807, 2.05) is 6.07 Å². The third-order valence-electron chi connectivity index (χ3n) is 0.854. The van der Waals surface area contributed by atoms with Gasteiger partial charge in [-0.15, -0.1) is 0 Å². The van der Waals surface area contributed by atoms with Crippen molar-refractivity contribution in [2.75, 3.05) is 0 Å². The van der Waals surface area contributed by atoms with Crippen LogP contribution in [-0.4, -0.2) is 4.98 Å². The highest BCUT2D eigenvalue weighted by Gasteiger charge is 1.83. The molecule has 46 valence electrons. The van der Waals surface area contributed by atoms with E-state index in [1.54, 1.807) is 18.5 Å². The van der Waals surface area contributed by atoms with Crippen LogP contribution >= 0.6 is 0 Å². The Morgan fingerprint density at radius 3 is 3.11 bits per heavy atom. The summed E-state index contributed by atoms with van der Waals surface area (Å²) >= 11 is 0. The minimum absolute atomic E-state index is 0.715. The molecule has 9 heavy (non-hydrogen) atoms. The quantitative estimate of drug-likeness (QED) is 0.554. The van der Waals surface area contributed by atoms with Crippen molar-refractivity contribution in [3.05, 3.63) is 37.4 Å². The second-order valence-corrected chi connectivity index (χ2v) is 1.47. The fourth-order valence-electron chi connectivity index (χ4n) is 0.513. The molecule has 2 nitrogen and oxygen atoms in total. The lowest BCUT2D eigenvalue weighted by Crippen LogP contribution is -1.79. The zero-order chi connectivity index (χ0) is 6.53. The number of aromatic nitrogens is 1. The minimum Gasteiger partial charge on any atom is -0.464 e. The molecule has 0 aromatic carbocycles. The van der Waals surface area contributed by atoms with Crippen LogP contribution in [0, 0.1) is 0 Å². The molecule has 1 aromatic rings. The van der Waals surface area contributed by atoms with Gasteiger partial charge in [0, 0.05) is 6.20 Å². The SMILES string of the molecule is C=COc1cccnc1. The van der Waals surface area contributed by atoms with Gasteiger partial charge in [0.15, 0.2) is 0 Å². The lowest BCUT2D eigenvalue weighted by molar-refractivity contribution is 0.481. The summed E-state index contributed by atoms with van der Waals surface area (Å²) in [5.41, 5.74) is 0. The first-order valence-corrected chi connectivity index (χ1v) is 2.61. The first-order valence-electron chi connectivity index (χ1n) is 2.61. The van der Waals surface area contributed by atoms with Gasteiger partial charge < -0.3 is 4.74 Å². The maximum Gasteiger partial charge on any atom is 0.144 e. The Morgan fingerprint density at radius 1 is 1.67 bits per heavy atom. The summed E-state index contributed by atoms with van der Waals surface area (Å²) < 4.78 is 4.91. The van der Waals surface area contributed by atoms with Crippen molar-refractivity contribution in [1.82, 2.24) is 4.98 Å². The summed E-state index contributed by atoms with van der Waals surface area (Å²) in [5, 5.41) is 0. The summed E-state index contributed by atoms with van der Waals surface area (Å²) in [6.07, 6.45) is 4.69. The highest BCUT2D eigenvalue weighted by atomic mass is 16.5. The molecule has 0 unspecified atom stereocenters. The van der Waals surface area contributed by atoms with Crippen molar-refractivity contribution in [2.45, 2.75) is 0 Å². The number of nitrogens with zero attached hydrogens (tertiary/aromatic N) is 1. The molecule has 0 radical (unpaired) electrons. The van der Waals surface area contributed by atoms with Crippen molar-refractivity contribution >= 4 is 0 Å². The molecule has 1 heterocycles. The van der Waals surface area contributed by atoms with E-state index in [0.29, 0.717) is 5.75 Å². The maximum absolute atomic E-state index is 4.91. The Morgan fingerprint density at radius 2 is 2.56 bits per heavy atom. The molecule has 1 aromatic heterocycles. The minimum atomic E-state index is 0.715. The van der Waals surface area contributed by atoms with E-state index in [9.17, 15) is 0 Å². The van der Waals surface area contributed by atoms with E-state index >= 15 is 0 Å². The Labute approximate surface area is 53.8 Å². The van der Waals surface area contributed by atoms with Crippen LogP contribution in [0.25, 0.3) is 0 Å². The summed E-state index contributed by atoms with van der Waals surface area (Å²) in [6.45, 7) is 3.41. The largest absolute Gasteiger partial charge is 0.464 e. The first-order chi connectivity index (χ1) is 4.43. The molecular formula is C7H7NO. The summed E-state index contributed by atoms with van der Waals surface area (Å²) in [5.74, 6) is 0.715. The number of hydrogen-bond donors (Lipinski definition) is 0. The first kappa shape index (κ1) is 5.82. The lowest BCUT2D eigenvalue weighted by Gasteiger charge is -1.94. The molecule has 0 bridgehead atoms. The van der Waals surface area contributed by atoms with Crippen molar-refractivity contribution < 1.29 is 4.74 Å². The van der Waals surface area contributed by atoms with Crippen LogP contribution in [0.5, 0.6) is 5.75 Å². The van der Waals surface area contributed by atoms with Crippen LogP contribution in [0.15, 0.2) is 37.4 Å². The Bertz CT molecular complexity index is 183. The molecule has 0 fully saturated rings. The molecular weight excluding hydrogens is 114 g/mol. The molecule has 0 amide bonds. The molecule has 0 spiro atoms. The molecule has 2 heteroatoms. The summed E-state index contributed by atoms with van der Waals surface area (Å²) in [7, 11) is 0. The van der Waals surface area contributed by atoms with E-state index in [4.69, 9.17) is 4.74 Å². The molecule has 0 aliphatic carbocycles. The van der Waals surface area contributed by atoms with Crippen LogP contribution in [-0.2, 0) is 0 Å². The topological polar surface area (TPSA) is 22.1 Å². The molecule has 0 N–H and O–H groups in total. The van der Waals surface area contributed by atoms with Crippen molar-refractivity contribution in [3.8, 4) is 5.75 Å². The van der Waals surface area contributed by atoms with Gasteiger partial charge in [-0.2, -0.15) is 0 Å². The predicted molar refractivity (Wildman–Crippen MR) is 35.1 cm³/mol. The van der Waals surface area contributed by atoms with Crippen LogP contribution in [0.4, 0.5) is 0 Å². The second kappa shape index (κ2) is 2.87. The van der Waals surface area contributed by atoms with Gasteiger partial charge in [0.1, 0.15) is 5.75 Å². The van der Waals surface area contributed by atoms with Crippen LogP contribution < -0.4 is 4.74 Å². The molecule has 0 aliphatic heterocycles. The highest BCUT2D eigenvalue weighted by Crippen LogP contribution is 2.04. The van der Waals surface area contributed by atoms with Crippen molar-refractivity contribution in [1.29, 1.82) is 0 Å². The molecule has 0 saturated heterocycles. The molecule has 0 atom stereocenters. The van der Waals surface area contributed by atoms with Crippen LogP contribution in [0.1, 0.15) is 0 Å². The predicted octanol–water partition coefficient (Wildman–Crippen LogP) is 1.60. The van der Waals surface area contributed by atoms with Crippen LogP contribution in [0.3, 0.4) is 0 Å². The van der Waals surface area contributed by atoms with E-state index in [-0.39, 0.29) is 0 Å². The monoisotopic (exact) mass is 121 g/mol. The van der Waals surface area contributed by atoms with Gasteiger partial charge in [-0.05, 0) is 12.1 Å². The number of pyridine rings is 1. The maximum atomic E-state index is 4.91. The zero-order valence-corrected chi connectivity index (χ0v) is 4.95. The van der Waals surface area contributed by atoms with Gasteiger partial charge in [0.25, 0.3) is 0 Å². The standard InChI is InChI=1S/C7H7NO/c1-2-9-7-4-3-5-8-6-7/h2-6H,1H2. The van der Waals surface area contributed by atoms with Crippen molar-refractivity contribution in [3.63, 3.8) is 0 Å². The van der Waals surface area contributed by atoms with Crippen molar-refractivity contribution in [2.24, 2.45) is 0 Å². The van der Waals surface area contributed by atoms with E-state index < -0.39 is 0 Å². The van der Waals surface area contributed by atoms with E-state index in [1.165, 1.54) is 6.26 Å². The van der Waals surface area contributed by atoms with E-state index in [0.717, 1.165) is 0 Å². The highest BCUT2D eigenvalue weighted by molar-refractivity contribution is 5.16. The van der Waals surface area contributed by atoms with Gasteiger partial charge in [0.05, 0.1) is 12.5 Å². The van der Waals surface area contributed by atoms with Gasteiger partial charge in [-0.1, -0.05) is 6.58 Å². The molecule has 0 aliphatic rings. The summed E-state index contributed by atoms with van der Waals surface area (Å²) in [4.78, 5) is 3.83. The number of rotatable bonds is 2. The van der Waals surface area contributed by atoms with Gasteiger partial charge in [-0.3, -0.25) is 4.98 Å². The zero-order valence-electron chi connectivity index (χ0n) is 4.95. The molecule has 0 saturated carbocycles.